The molecule has 0 amide bonds. The molecule has 0 saturated heterocycles. The Morgan fingerprint density at radius 2 is 1.50 bits per heavy atom. The zero-order valence-corrected chi connectivity index (χ0v) is 11.9. The van der Waals surface area contributed by atoms with Gasteiger partial charge < -0.3 is 0 Å². The van der Waals surface area contributed by atoms with Gasteiger partial charge in [0, 0.05) is 18.1 Å². The number of thiazole rings is 1. The van der Waals surface area contributed by atoms with E-state index in [0.717, 1.165) is 11.6 Å². The second-order valence-corrected chi connectivity index (χ2v) is 5.54. The van der Waals surface area contributed by atoms with Crippen molar-refractivity contribution < 1.29 is 0 Å². The molecule has 0 aliphatic heterocycles. The van der Waals surface area contributed by atoms with Crippen LogP contribution in [0.4, 0.5) is 0 Å². The highest BCUT2D eigenvalue weighted by Gasteiger charge is 2.13. The van der Waals surface area contributed by atoms with E-state index in [4.69, 9.17) is 0 Å². The predicted octanol–water partition coefficient (Wildman–Crippen LogP) is 4.02. The zero-order valence-electron chi connectivity index (χ0n) is 11.1. The molecule has 20 heavy (non-hydrogen) atoms. The van der Waals surface area contributed by atoms with Gasteiger partial charge in [0.1, 0.15) is 5.01 Å². The third-order valence-electron chi connectivity index (χ3n) is 3.21. The van der Waals surface area contributed by atoms with Gasteiger partial charge >= 0.3 is 0 Å². The SMILES string of the molecule is c1ccc(C(NCc2nccs2)c2ccccc2)cc1. The minimum atomic E-state index is 0.196. The van der Waals surface area contributed by atoms with Gasteiger partial charge in [-0.1, -0.05) is 60.7 Å². The topological polar surface area (TPSA) is 24.9 Å². The lowest BCUT2D eigenvalue weighted by atomic mass is 9.99. The van der Waals surface area contributed by atoms with Crippen molar-refractivity contribution >= 4 is 11.3 Å². The average Bonchev–Trinajstić information content (AvgIpc) is 3.03. The summed E-state index contributed by atoms with van der Waals surface area (Å²) in [5.74, 6) is 0. The van der Waals surface area contributed by atoms with Crippen molar-refractivity contribution in [2.24, 2.45) is 0 Å². The lowest BCUT2D eigenvalue weighted by Gasteiger charge is -2.19. The molecule has 0 aliphatic carbocycles. The molecule has 0 spiro atoms. The second kappa shape index (κ2) is 6.46. The Labute approximate surface area is 123 Å². The first-order valence-corrected chi connectivity index (χ1v) is 7.53. The Kier molecular flexibility index (Phi) is 4.21. The third-order valence-corrected chi connectivity index (χ3v) is 3.99. The lowest BCUT2D eigenvalue weighted by Crippen LogP contribution is -2.21. The molecule has 3 rings (SSSR count). The van der Waals surface area contributed by atoms with Gasteiger partial charge in [0.05, 0.1) is 6.04 Å². The van der Waals surface area contributed by atoms with Gasteiger partial charge in [-0.15, -0.1) is 11.3 Å². The molecule has 1 heterocycles. The summed E-state index contributed by atoms with van der Waals surface area (Å²) in [7, 11) is 0. The van der Waals surface area contributed by atoms with E-state index in [9.17, 15) is 0 Å². The van der Waals surface area contributed by atoms with Crippen molar-refractivity contribution in [1.82, 2.24) is 10.3 Å². The fourth-order valence-corrected chi connectivity index (χ4v) is 2.82. The van der Waals surface area contributed by atoms with E-state index < -0.39 is 0 Å². The van der Waals surface area contributed by atoms with Crippen LogP contribution in [0, 0.1) is 0 Å². The maximum absolute atomic E-state index is 4.33. The molecule has 1 aromatic heterocycles. The van der Waals surface area contributed by atoms with Crippen molar-refractivity contribution in [1.29, 1.82) is 0 Å². The summed E-state index contributed by atoms with van der Waals surface area (Å²) in [6, 6.07) is 21.2. The zero-order chi connectivity index (χ0) is 13.6. The fourth-order valence-electron chi connectivity index (χ4n) is 2.25. The molecule has 0 saturated carbocycles. The molecule has 2 aromatic carbocycles. The number of benzene rings is 2. The minimum absolute atomic E-state index is 0.196. The van der Waals surface area contributed by atoms with Gasteiger partial charge in [0.25, 0.3) is 0 Å². The van der Waals surface area contributed by atoms with E-state index >= 15 is 0 Å². The molecule has 0 fully saturated rings. The standard InChI is InChI=1S/C17H16N2S/c1-3-7-14(8-4-1)17(15-9-5-2-6-10-15)19-13-16-18-11-12-20-16/h1-12,17,19H,13H2. The van der Waals surface area contributed by atoms with E-state index in [1.54, 1.807) is 11.3 Å². The summed E-state index contributed by atoms with van der Waals surface area (Å²) in [5.41, 5.74) is 2.55. The van der Waals surface area contributed by atoms with Crippen LogP contribution in [0.25, 0.3) is 0 Å². The van der Waals surface area contributed by atoms with Crippen LogP contribution in [0.5, 0.6) is 0 Å². The molecule has 1 N–H and O–H groups in total. The molecule has 0 aliphatic rings. The molecular weight excluding hydrogens is 264 g/mol. The van der Waals surface area contributed by atoms with E-state index in [2.05, 4.69) is 58.8 Å². The number of aromatic nitrogens is 1. The van der Waals surface area contributed by atoms with E-state index in [-0.39, 0.29) is 6.04 Å². The van der Waals surface area contributed by atoms with Crippen LogP contribution in [0.1, 0.15) is 22.2 Å². The highest BCUT2D eigenvalue weighted by molar-refractivity contribution is 7.09. The van der Waals surface area contributed by atoms with Crippen LogP contribution in [0.2, 0.25) is 0 Å². The van der Waals surface area contributed by atoms with Gasteiger partial charge in [0.2, 0.25) is 0 Å². The molecule has 3 heteroatoms. The van der Waals surface area contributed by atoms with Crippen LogP contribution < -0.4 is 5.32 Å². The van der Waals surface area contributed by atoms with Crippen molar-refractivity contribution in [3.05, 3.63) is 88.4 Å². The van der Waals surface area contributed by atoms with Crippen molar-refractivity contribution in [2.75, 3.05) is 0 Å². The molecule has 2 nitrogen and oxygen atoms in total. The Balaban J connectivity index is 1.84. The summed E-state index contributed by atoms with van der Waals surface area (Å²) in [4.78, 5) is 4.33. The number of hydrogen-bond donors (Lipinski definition) is 1. The fraction of sp³-hybridized carbons (Fsp3) is 0.118. The maximum atomic E-state index is 4.33. The lowest BCUT2D eigenvalue weighted by molar-refractivity contribution is 0.603. The molecule has 0 atom stereocenters. The second-order valence-electron chi connectivity index (χ2n) is 4.56. The molecular formula is C17H16N2S. The Morgan fingerprint density at radius 1 is 0.900 bits per heavy atom. The van der Waals surface area contributed by atoms with E-state index in [0.29, 0.717) is 0 Å². The predicted molar refractivity (Wildman–Crippen MR) is 83.7 cm³/mol. The summed E-state index contributed by atoms with van der Waals surface area (Å²) in [6.07, 6.45) is 1.85. The van der Waals surface area contributed by atoms with Crippen molar-refractivity contribution in [3.8, 4) is 0 Å². The third kappa shape index (κ3) is 3.13. The molecule has 0 unspecified atom stereocenters. The Hall–Kier alpha value is -1.97. The van der Waals surface area contributed by atoms with Crippen LogP contribution in [0.3, 0.4) is 0 Å². The van der Waals surface area contributed by atoms with Crippen LogP contribution >= 0.6 is 11.3 Å². The van der Waals surface area contributed by atoms with E-state index in [1.165, 1.54) is 11.1 Å². The first-order chi connectivity index (χ1) is 9.93. The van der Waals surface area contributed by atoms with Crippen molar-refractivity contribution in [2.45, 2.75) is 12.6 Å². The van der Waals surface area contributed by atoms with E-state index in [1.807, 2.05) is 23.7 Å². The van der Waals surface area contributed by atoms with Gasteiger partial charge in [0.15, 0.2) is 0 Å². The summed E-state index contributed by atoms with van der Waals surface area (Å²) in [5, 5.41) is 6.73. The van der Waals surface area contributed by atoms with Crippen LogP contribution in [-0.2, 0) is 6.54 Å². The molecule has 0 bridgehead atoms. The number of nitrogens with one attached hydrogen (secondary N) is 1. The summed E-state index contributed by atoms with van der Waals surface area (Å²) in [6.45, 7) is 0.784. The minimum Gasteiger partial charge on any atom is -0.300 e. The number of rotatable bonds is 5. The first-order valence-electron chi connectivity index (χ1n) is 6.65. The largest absolute Gasteiger partial charge is 0.300 e. The summed E-state index contributed by atoms with van der Waals surface area (Å²) >= 11 is 1.68. The quantitative estimate of drug-likeness (QED) is 0.763. The summed E-state index contributed by atoms with van der Waals surface area (Å²) < 4.78 is 0. The Bertz CT molecular complexity index is 581. The normalized spacial score (nSPS) is 10.8. The number of hydrogen-bond acceptors (Lipinski definition) is 3. The average molecular weight is 280 g/mol. The van der Waals surface area contributed by atoms with Crippen LogP contribution in [0.15, 0.2) is 72.2 Å². The highest BCUT2D eigenvalue weighted by Crippen LogP contribution is 2.22. The first kappa shape index (κ1) is 13.0. The Morgan fingerprint density at radius 3 is 2.00 bits per heavy atom. The van der Waals surface area contributed by atoms with Crippen molar-refractivity contribution in [3.63, 3.8) is 0 Å². The number of nitrogens with zero attached hydrogens (tertiary/aromatic N) is 1. The smallest absolute Gasteiger partial charge is 0.106 e. The van der Waals surface area contributed by atoms with Gasteiger partial charge in [-0.05, 0) is 11.1 Å². The van der Waals surface area contributed by atoms with Gasteiger partial charge in [-0.25, -0.2) is 4.98 Å². The monoisotopic (exact) mass is 280 g/mol. The molecule has 3 aromatic rings. The highest BCUT2D eigenvalue weighted by atomic mass is 32.1. The van der Waals surface area contributed by atoms with Gasteiger partial charge in [-0.2, -0.15) is 0 Å². The molecule has 100 valence electrons. The maximum Gasteiger partial charge on any atom is 0.106 e. The van der Waals surface area contributed by atoms with Crippen LogP contribution in [-0.4, -0.2) is 4.98 Å². The van der Waals surface area contributed by atoms with Gasteiger partial charge in [-0.3, -0.25) is 5.32 Å². The molecule has 0 radical (unpaired) electrons.